The van der Waals surface area contributed by atoms with Crippen LogP contribution in [-0.4, -0.2) is 15.6 Å². The summed E-state index contributed by atoms with van der Waals surface area (Å²) in [6.45, 7) is 4.05. The monoisotopic (exact) mass is 343 g/mol. The van der Waals surface area contributed by atoms with Gasteiger partial charge >= 0.3 is 0 Å². The number of aromatic nitrogens is 2. The van der Waals surface area contributed by atoms with E-state index in [9.17, 15) is 0 Å². The molecule has 0 N–H and O–H groups in total. The topological polar surface area (TPSA) is 83.8 Å². The van der Waals surface area contributed by atoms with E-state index in [1.807, 2.05) is 13.0 Å². The van der Waals surface area contributed by atoms with Crippen LogP contribution in [-0.2, 0) is 5.54 Å². The van der Waals surface area contributed by atoms with E-state index in [1.54, 1.807) is 12.4 Å². The van der Waals surface area contributed by atoms with Crippen LogP contribution in [0.25, 0.3) is 21.2 Å². The Balaban J connectivity index is 1.91. The van der Waals surface area contributed by atoms with Crippen molar-refractivity contribution in [3.05, 3.63) is 39.6 Å². The smallest absolute Gasteiger partial charge is 0.223 e. The van der Waals surface area contributed by atoms with Gasteiger partial charge < -0.3 is 4.74 Å². The lowest BCUT2D eigenvalue weighted by atomic mass is 9.86. The number of azide groups is 1. The predicted octanol–water partition coefficient (Wildman–Crippen LogP) is 5.15. The van der Waals surface area contributed by atoms with Gasteiger partial charge in [-0.05, 0) is 68.0 Å². The van der Waals surface area contributed by atoms with Gasteiger partial charge in [0, 0.05) is 17.3 Å². The molecule has 7 heteroatoms. The molecule has 2 aromatic rings. The van der Waals surface area contributed by atoms with Gasteiger partial charge in [-0.2, -0.15) is 0 Å². The first-order valence-corrected chi connectivity index (χ1v) is 8.53. The second kappa shape index (κ2) is 5.23. The zero-order valence-corrected chi connectivity index (χ0v) is 14.4. The van der Waals surface area contributed by atoms with Crippen LogP contribution in [0.2, 0.25) is 5.15 Å². The lowest BCUT2D eigenvalue weighted by molar-refractivity contribution is 0.194. The van der Waals surface area contributed by atoms with Crippen LogP contribution >= 0.6 is 11.6 Å². The highest BCUT2D eigenvalue weighted by molar-refractivity contribution is 6.30. The molecule has 6 nitrogen and oxygen atoms in total. The Morgan fingerprint density at radius 1 is 1.33 bits per heavy atom. The second-order valence-corrected chi connectivity index (χ2v) is 7.58. The number of ether oxygens (including phenoxy) is 1. The molecule has 2 saturated carbocycles. The molecule has 2 aromatic heterocycles. The molecule has 2 aliphatic carbocycles. The quantitative estimate of drug-likeness (QED) is 0.325. The molecule has 4 rings (SSSR count). The first-order chi connectivity index (χ1) is 11.5. The van der Waals surface area contributed by atoms with Gasteiger partial charge in [0.1, 0.15) is 10.8 Å². The first-order valence-electron chi connectivity index (χ1n) is 8.15. The summed E-state index contributed by atoms with van der Waals surface area (Å²) < 4.78 is 6.07. The third-order valence-electron chi connectivity index (χ3n) is 5.17. The van der Waals surface area contributed by atoms with E-state index >= 15 is 0 Å². The molecule has 0 amide bonds. The molecule has 0 radical (unpaired) electrons. The van der Waals surface area contributed by atoms with Crippen molar-refractivity contribution in [2.75, 3.05) is 0 Å². The fraction of sp³-hybridized carbons (Fsp3) is 0.529. The van der Waals surface area contributed by atoms with Gasteiger partial charge in [-0.1, -0.05) is 16.7 Å². The third kappa shape index (κ3) is 2.56. The van der Waals surface area contributed by atoms with E-state index in [4.69, 9.17) is 21.9 Å². The minimum atomic E-state index is -0.632. The van der Waals surface area contributed by atoms with Crippen LogP contribution in [0.4, 0.5) is 0 Å². The average Bonchev–Trinajstić information content (AvgIpc) is 3.44. The molecule has 24 heavy (non-hydrogen) atoms. The largest absolute Gasteiger partial charge is 0.471 e. The highest BCUT2D eigenvalue weighted by atomic mass is 35.5. The van der Waals surface area contributed by atoms with Gasteiger partial charge in [-0.3, -0.25) is 0 Å². The van der Waals surface area contributed by atoms with E-state index in [-0.39, 0.29) is 5.60 Å². The van der Waals surface area contributed by atoms with Gasteiger partial charge in [0.25, 0.3) is 0 Å². The fourth-order valence-electron chi connectivity index (χ4n) is 3.18. The number of rotatable bonds is 5. The molecule has 2 fully saturated rings. The van der Waals surface area contributed by atoms with Crippen molar-refractivity contribution in [3.63, 3.8) is 0 Å². The molecule has 2 aliphatic rings. The Hall–Kier alpha value is -2.04. The summed E-state index contributed by atoms with van der Waals surface area (Å²) >= 11 is 6.14. The molecule has 0 spiro atoms. The van der Waals surface area contributed by atoms with Crippen LogP contribution in [0, 0.1) is 5.92 Å². The maximum absolute atomic E-state index is 9.06. The number of fused-ring (bicyclic) bond motifs is 1. The Kier molecular flexibility index (Phi) is 3.37. The van der Waals surface area contributed by atoms with Crippen molar-refractivity contribution in [1.29, 1.82) is 0 Å². The molecule has 1 atom stereocenters. The zero-order chi connectivity index (χ0) is 16.9. The van der Waals surface area contributed by atoms with Crippen LogP contribution in [0.1, 0.15) is 45.1 Å². The fourth-order valence-corrected chi connectivity index (χ4v) is 3.33. The van der Waals surface area contributed by atoms with Crippen molar-refractivity contribution < 1.29 is 4.74 Å². The number of hydrogen-bond donors (Lipinski definition) is 0. The molecule has 0 aliphatic heterocycles. The SMILES string of the molecule is CC1(Oc2ncc([C@@](C)(N=[N+]=[N-])C3CC3)c3cc(Cl)ncc23)CC1. The predicted molar refractivity (Wildman–Crippen MR) is 92.0 cm³/mol. The molecule has 0 unspecified atom stereocenters. The molecule has 0 aromatic carbocycles. The Morgan fingerprint density at radius 3 is 2.71 bits per heavy atom. The average molecular weight is 344 g/mol. The van der Waals surface area contributed by atoms with E-state index in [1.165, 1.54) is 0 Å². The van der Waals surface area contributed by atoms with Gasteiger partial charge in [-0.15, -0.1) is 0 Å². The highest BCUT2D eigenvalue weighted by Crippen LogP contribution is 2.51. The Bertz CT molecular complexity index is 871. The maximum Gasteiger partial charge on any atom is 0.223 e. The summed E-state index contributed by atoms with van der Waals surface area (Å²) in [7, 11) is 0. The molecule has 0 saturated heterocycles. The minimum Gasteiger partial charge on any atom is -0.471 e. The second-order valence-electron chi connectivity index (χ2n) is 7.19. The lowest BCUT2D eigenvalue weighted by Gasteiger charge is -2.26. The number of nitrogens with zero attached hydrogens (tertiary/aromatic N) is 5. The Morgan fingerprint density at radius 2 is 2.08 bits per heavy atom. The van der Waals surface area contributed by atoms with Crippen molar-refractivity contribution in [3.8, 4) is 5.88 Å². The van der Waals surface area contributed by atoms with Crippen molar-refractivity contribution in [2.24, 2.45) is 11.0 Å². The number of hydrogen-bond acceptors (Lipinski definition) is 4. The molecule has 2 heterocycles. The van der Waals surface area contributed by atoms with Gasteiger partial charge in [0.2, 0.25) is 5.88 Å². The van der Waals surface area contributed by atoms with Crippen LogP contribution in [0.15, 0.2) is 23.6 Å². The molecule has 0 bridgehead atoms. The summed E-state index contributed by atoms with van der Waals surface area (Å²) in [5.74, 6) is 0.898. The van der Waals surface area contributed by atoms with E-state index in [0.717, 1.165) is 42.0 Å². The minimum absolute atomic E-state index is 0.133. The molecular weight excluding hydrogens is 326 g/mol. The van der Waals surface area contributed by atoms with Gasteiger partial charge in [-0.25, -0.2) is 9.97 Å². The number of pyridine rings is 2. The summed E-state index contributed by atoms with van der Waals surface area (Å²) in [5.41, 5.74) is 9.18. The third-order valence-corrected chi connectivity index (χ3v) is 5.38. The van der Waals surface area contributed by atoms with Gasteiger partial charge in [0.05, 0.1) is 10.9 Å². The zero-order valence-electron chi connectivity index (χ0n) is 13.7. The highest BCUT2D eigenvalue weighted by Gasteiger charge is 2.44. The Labute approximate surface area is 144 Å². The van der Waals surface area contributed by atoms with Crippen LogP contribution in [0.3, 0.4) is 0 Å². The van der Waals surface area contributed by atoms with Crippen LogP contribution in [0.5, 0.6) is 5.88 Å². The van der Waals surface area contributed by atoms with Crippen LogP contribution < -0.4 is 4.74 Å². The first kappa shape index (κ1) is 15.5. The summed E-state index contributed by atoms with van der Waals surface area (Å²) in [5, 5.41) is 6.23. The van der Waals surface area contributed by atoms with E-state index in [0.29, 0.717) is 17.0 Å². The molecular formula is C17H18ClN5O. The van der Waals surface area contributed by atoms with Crippen molar-refractivity contribution >= 4 is 22.4 Å². The van der Waals surface area contributed by atoms with E-state index < -0.39 is 5.54 Å². The standard InChI is InChI=1S/C17H18ClN5O/c1-16(5-6-16)24-15-12-8-20-14(18)7-11(12)13(9-21-15)17(2,22-23-19)10-3-4-10/h7-10H,3-6H2,1-2H3/t17-/m0/s1. The normalized spacial score (nSPS) is 21.0. The summed E-state index contributed by atoms with van der Waals surface area (Å²) in [6.07, 6.45) is 7.61. The van der Waals surface area contributed by atoms with E-state index in [2.05, 4.69) is 26.9 Å². The summed E-state index contributed by atoms with van der Waals surface area (Å²) in [6, 6.07) is 1.81. The summed E-state index contributed by atoms with van der Waals surface area (Å²) in [4.78, 5) is 11.8. The van der Waals surface area contributed by atoms with Crippen molar-refractivity contribution in [2.45, 2.75) is 50.7 Å². The van der Waals surface area contributed by atoms with Gasteiger partial charge in [0.15, 0.2) is 0 Å². The van der Waals surface area contributed by atoms with Crippen molar-refractivity contribution in [1.82, 2.24) is 9.97 Å². The molecule has 124 valence electrons. The maximum atomic E-state index is 9.06. The lowest BCUT2D eigenvalue weighted by Crippen LogP contribution is -2.22. The number of halogens is 1.